The molecule has 0 bridgehead atoms. The Morgan fingerprint density at radius 2 is 1.78 bits per heavy atom. The molecule has 2 amide bonds. The number of carbonyl (C=O) groups is 1. The Labute approximate surface area is 216 Å². The van der Waals surface area contributed by atoms with E-state index < -0.39 is 0 Å². The summed E-state index contributed by atoms with van der Waals surface area (Å²) >= 11 is 6.15. The van der Waals surface area contributed by atoms with Crippen molar-refractivity contribution in [2.45, 2.75) is 25.3 Å². The van der Waals surface area contributed by atoms with Gasteiger partial charge in [0.15, 0.2) is 0 Å². The fourth-order valence-corrected chi connectivity index (χ4v) is 5.30. The van der Waals surface area contributed by atoms with E-state index in [9.17, 15) is 4.79 Å². The molecule has 1 aliphatic heterocycles. The predicted molar refractivity (Wildman–Crippen MR) is 144 cm³/mol. The van der Waals surface area contributed by atoms with Gasteiger partial charge in [0.25, 0.3) is 0 Å². The van der Waals surface area contributed by atoms with Gasteiger partial charge in [0, 0.05) is 27.8 Å². The predicted octanol–water partition coefficient (Wildman–Crippen LogP) is 7.19. The minimum atomic E-state index is -0.313. The Morgan fingerprint density at radius 3 is 2.56 bits per heavy atom. The van der Waals surface area contributed by atoms with E-state index in [1.807, 2.05) is 54.6 Å². The van der Waals surface area contributed by atoms with E-state index in [2.05, 4.69) is 11.4 Å². The van der Waals surface area contributed by atoms with E-state index in [1.165, 1.54) is 0 Å². The molecule has 1 N–H and O–H groups in total. The number of fused-ring (bicyclic) bond motifs is 1. The van der Waals surface area contributed by atoms with Crippen molar-refractivity contribution in [1.29, 1.82) is 0 Å². The molecule has 3 aromatic rings. The first-order valence-electron chi connectivity index (χ1n) is 12.0. The number of hydrogen-bond donors (Lipinski definition) is 1. The molecular formula is C29H28ClN3O3. The topological polar surface area (TPSA) is 63.2 Å². The summed E-state index contributed by atoms with van der Waals surface area (Å²) in [4.78, 5) is 13.6. The molecule has 2 atom stereocenters. The maximum absolute atomic E-state index is 13.6. The number of nitrogens with one attached hydrogen (secondary N) is 1. The number of carbonyl (C=O) groups excluding carboxylic acids is 1. The minimum absolute atomic E-state index is 0.0427. The fourth-order valence-electron chi connectivity index (χ4n) is 5.11. The standard InChI is InChI=1S/C29H28ClN3O3/c1-35-25-15-5-3-9-19(25)17-20-10-7-14-24-27(20)32-33(28(24)23-13-4-6-16-26(23)36-2)29(34)31-22-12-8-11-21(30)18-22/h3-6,8-9,11-13,15-18,24,28H,7,10,14H2,1-2H3,(H,31,34). The summed E-state index contributed by atoms with van der Waals surface area (Å²) in [6, 6.07) is 22.3. The molecule has 0 radical (unpaired) electrons. The lowest BCUT2D eigenvalue weighted by molar-refractivity contribution is 0.186. The van der Waals surface area contributed by atoms with Gasteiger partial charge in [-0.05, 0) is 61.2 Å². The third kappa shape index (κ3) is 4.69. The van der Waals surface area contributed by atoms with Crippen molar-refractivity contribution in [2.24, 2.45) is 11.0 Å². The number of allylic oxidation sites excluding steroid dienone is 1. The van der Waals surface area contributed by atoms with E-state index in [-0.39, 0.29) is 18.0 Å². The molecule has 1 heterocycles. The number of ether oxygens (including phenoxy) is 2. The first-order chi connectivity index (χ1) is 17.6. The third-order valence-corrected chi connectivity index (χ3v) is 6.95. The number of methoxy groups -OCH3 is 2. The Kier molecular flexibility index (Phi) is 6.96. The van der Waals surface area contributed by atoms with Crippen molar-refractivity contribution in [2.75, 3.05) is 19.5 Å². The van der Waals surface area contributed by atoms with Crippen LogP contribution in [0.25, 0.3) is 6.08 Å². The van der Waals surface area contributed by atoms with Crippen molar-refractivity contribution in [3.63, 3.8) is 0 Å². The highest BCUT2D eigenvalue weighted by Crippen LogP contribution is 2.47. The average Bonchev–Trinajstić information content (AvgIpc) is 3.29. The zero-order chi connectivity index (χ0) is 25.1. The first-order valence-corrected chi connectivity index (χ1v) is 12.4. The van der Waals surface area contributed by atoms with Crippen LogP contribution in [0.2, 0.25) is 5.02 Å². The maximum atomic E-state index is 13.6. The van der Waals surface area contributed by atoms with Gasteiger partial charge in [0.05, 0.1) is 26.0 Å². The van der Waals surface area contributed by atoms with Crippen molar-refractivity contribution >= 4 is 35.1 Å². The zero-order valence-corrected chi connectivity index (χ0v) is 21.0. The van der Waals surface area contributed by atoms with Crippen LogP contribution in [0.5, 0.6) is 11.5 Å². The number of rotatable bonds is 5. The first kappa shape index (κ1) is 23.9. The van der Waals surface area contributed by atoms with Crippen LogP contribution in [0.15, 0.2) is 83.5 Å². The van der Waals surface area contributed by atoms with Crippen molar-refractivity contribution < 1.29 is 14.3 Å². The van der Waals surface area contributed by atoms with E-state index in [4.69, 9.17) is 26.2 Å². The lowest BCUT2D eigenvalue weighted by atomic mass is 9.77. The van der Waals surface area contributed by atoms with Crippen molar-refractivity contribution in [3.05, 3.63) is 94.5 Å². The minimum Gasteiger partial charge on any atom is -0.496 e. The second kappa shape index (κ2) is 10.5. The molecule has 0 aromatic heterocycles. The lowest BCUT2D eigenvalue weighted by Gasteiger charge is -2.30. The van der Waals surface area contributed by atoms with Gasteiger partial charge in [-0.25, -0.2) is 9.80 Å². The molecule has 36 heavy (non-hydrogen) atoms. The van der Waals surface area contributed by atoms with E-state index >= 15 is 0 Å². The van der Waals surface area contributed by atoms with Gasteiger partial charge in [0.2, 0.25) is 0 Å². The highest BCUT2D eigenvalue weighted by atomic mass is 35.5. The fraction of sp³-hybridized carbons (Fsp3) is 0.241. The second-order valence-corrected chi connectivity index (χ2v) is 9.30. The zero-order valence-electron chi connectivity index (χ0n) is 20.3. The van der Waals surface area contributed by atoms with E-state index in [1.54, 1.807) is 37.4 Å². The van der Waals surface area contributed by atoms with Crippen LogP contribution in [0, 0.1) is 5.92 Å². The number of para-hydroxylation sites is 2. The number of anilines is 1. The molecule has 1 saturated carbocycles. The van der Waals surface area contributed by atoms with Crippen molar-refractivity contribution in [3.8, 4) is 11.5 Å². The van der Waals surface area contributed by atoms with Crippen LogP contribution in [0.4, 0.5) is 10.5 Å². The monoisotopic (exact) mass is 501 g/mol. The summed E-state index contributed by atoms with van der Waals surface area (Å²) in [6.45, 7) is 0. The SMILES string of the molecule is COc1ccccc1C=C1CCCC2C1=NN(C(=O)Nc1cccc(Cl)c1)C2c1ccccc1OC. The number of nitrogens with zero attached hydrogens (tertiary/aromatic N) is 2. The highest BCUT2D eigenvalue weighted by molar-refractivity contribution is 6.30. The number of hydrogen-bond acceptors (Lipinski definition) is 4. The van der Waals surface area contributed by atoms with Gasteiger partial charge in [-0.1, -0.05) is 54.1 Å². The summed E-state index contributed by atoms with van der Waals surface area (Å²) < 4.78 is 11.3. The van der Waals surface area contributed by atoms with Crippen LogP contribution in [0.3, 0.4) is 0 Å². The molecule has 184 valence electrons. The van der Waals surface area contributed by atoms with Crippen LogP contribution in [-0.4, -0.2) is 31.0 Å². The molecule has 6 nitrogen and oxygen atoms in total. The molecule has 5 rings (SSSR count). The highest BCUT2D eigenvalue weighted by Gasteiger charge is 2.45. The molecule has 3 aromatic carbocycles. The van der Waals surface area contributed by atoms with Gasteiger partial charge >= 0.3 is 6.03 Å². The van der Waals surface area contributed by atoms with Crippen LogP contribution in [0.1, 0.15) is 36.4 Å². The van der Waals surface area contributed by atoms with Crippen LogP contribution < -0.4 is 14.8 Å². The number of halogens is 1. The summed E-state index contributed by atoms with van der Waals surface area (Å²) in [5.74, 6) is 1.59. The third-order valence-electron chi connectivity index (χ3n) is 6.71. The molecule has 0 saturated heterocycles. The van der Waals surface area contributed by atoms with E-state index in [0.29, 0.717) is 10.7 Å². The molecule has 1 aliphatic carbocycles. The smallest absolute Gasteiger partial charge is 0.342 e. The van der Waals surface area contributed by atoms with E-state index in [0.717, 1.165) is 53.2 Å². The molecule has 0 spiro atoms. The summed E-state index contributed by atoms with van der Waals surface area (Å²) in [7, 11) is 3.33. The second-order valence-electron chi connectivity index (χ2n) is 8.87. The van der Waals surface area contributed by atoms with Gasteiger partial charge < -0.3 is 14.8 Å². The Morgan fingerprint density at radius 1 is 1.03 bits per heavy atom. The van der Waals surface area contributed by atoms with Crippen molar-refractivity contribution in [1.82, 2.24) is 5.01 Å². The molecular weight excluding hydrogens is 474 g/mol. The number of benzene rings is 3. The van der Waals surface area contributed by atoms with Gasteiger partial charge in [-0.2, -0.15) is 5.10 Å². The summed E-state index contributed by atoms with van der Waals surface area (Å²) in [5, 5.41) is 10.0. The quantitative estimate of drug-likeness (QED) is 0.402. The number of hydrazone groups is 1. The van der Waals surface area contributed by atoms with Crippen LogP contribution >= 0.6 is 11.6 Å². The maximum Gasteiger partial charge on any atom is 0.342 e. The Bertz CT molecular complexity index is 1340. The largest absolute Gasteiger partial charge is 0.496 e. The van der Waals surface area contributed by atoms with Gasteiger partial charge in [-0.3, -0.25) is 0 Å². The van der Waals surface area contributed by atoms with Gasteiger partial charge in [0.1, 0.15) is 11.5 Å². The Hall–Kier alpha value is -3.77. The van der Waals surface area contributed by atoms with Crippen LogP contribution in [-0.2, 0) is 0 Å². The molecule has 7 heteroatoms. The average molecular weight is 502 g/mol. The summed E-state index contributed by atoms with van der Waals surface area (Å²) in [5.41, 5.74) is 4.60. The number of urea groups is 1. The lowest BCUT2D eigenvalue weighted by Crippen LogP contribution is -2.34. The molecule has 2 unspecified atom stereocenters. The Balaban J connectivity index is 1.57. The summed E-state index contributed by atoms with van der Waals surface area (Å²) in [6.07, 6.45) is 4.95. The molecule has 2 aliphatic rings. The normalized spacial score (nSPS) is 20.0. The number of amides is 2. The molecule has 1 fully saturated rings. The van der Waals surface area contributed by atoms with Gasteiger partial charge in [-0.15, -0.1) is 0 Å².